The summed E-state index contributed by atoms with van der Waals surface area (Å²) in [7, 11) is 0. The molecular formula is C15H26N2. The van der Waals surface area contributed by atoms with E-state index in [2.05, 4.69) is 23.9 Å². The van der Waals surface area contributed by atoms with E-state index in [1.165, 1.54) is 62.6 Å². The topological polar surface area (TPSA) is 30.9 Å². The van der Waals surface area contributed by atoms with Gasteiger partial charge in [-0.15, -0.1) is 0 Å². The summed E-state index contributed by atoms with van der Waals surface area (Å²) in [5, 5.41) is 0. The van der Waals surface area contributed by atoms with Crippen molar-refractivity contribution in [2.75, 3.05) is 0 Å². The van der Waals surface area contributed by atoms with Crippen LogP contribution in [-0.4, -0.2) is 4.57 Å². The van der Waals surface area contributed by atoms with E-state index in [1.807, 2.05) is 0 Å². The Morgan fingerprint density at radius 1 is 1.24 bits per heavy atom. The Morgan fingerprint density at radius 3 is 2.82 bits per heavy atom. The second kappa shape index (κ2) is 6.25. The number of hydrogen-bond donors (Lipinski definition) is 1. The standard InChI is InChI=1S/C15H26N2/c1-2-3-4-5-6-10-17-11-13-8-7-9-15(16)14(13)12-17/h11-12,15H,2-10,16H2,1H3. The highest BCUT2D eigenvalue weighted by molar-refractivity contribution is 5.29. The summed E-state index contributed by atoms with van der Waals surface area (Å²) in [6, 6.07) is 0.292. The van der Waals surface area contributed by atoms with Crippen LogP contribution in [0.25, 0.3) is 0 Å². The Bertz CT molecular complexity index is 341. The van der Waals surface area contributed by atoms with Crippen LogP contribution in [0, 0.1) is 0 Å². The van der Waals surface area contributed by atoms with Crippen molar-refractivity contribution in [2.45, 2.75) is 70.9 Å². The molecule has 2 nitrogen and oxygen atoms in total. The van der Waals surface area contributed by atoms with Gasteiger partial charge in [-0.25, -0.2) is 0 Å². The zero-order valence-electron chi connectivity index (χ0n) is 11.1. The molecule has 0 saturated heterocycles. The summed E-state index contributed by atoms with van der Waals surface area (Å²) < 4.78 is 2.36. The first-order chi connectivity index (χ1) is 8.31. The van der Waals surface area contributed by atoms with Crippen molar-refractivity contribution < 1.29 is 0 Å². The van der Waals surface area contributed by atoms with Crippen LogP contribution in [0.15, 0.2) is 12.4 Å². The minimum Gasteiger partial charge on any atom is -0.354 e. The highest BCUT2D eigenvalue weighted by atomic mass is 14.9. The molecular weight excluding hydrogens is 208 g/mol. The number of unbranched alkanes of at least 4 members (excludes halogenated alkanes) is 4. The lowest BCUT2D eigenvalue weighted by atomic mass is 9.92. The van der Waals surface area contributed by atoms with Gasteiger partial charge >= 0.3 is 0 Å². The first kappa shape index (κ1) is 12.7. The van der Waals surface area contributed by atoms with Gasteiger partial charge in [0.1, 0.15) is 0 Å². The number of hydrogen-bond acceptors (Lipinski definition) is 1. The molecule has 0 radical (unpaired) electrons. The second-order valence-corrected chi connectivity index (χ2v) is 5.39. The van der Waals surface area contributed by atoms with E-state index in [0.717, 1.165) is 6.42 Å². The number of fused-ring (bicyclic) bond motifs is 1. The third-order valence-corrected chi connectivity index (χ3v) is 3.88. The van der Waals surface area contributed by atoms with Crippen molar-refractivity contribution in [1.29, 1.82) is 0 Å². The Balaban J connectivity index is 1.81. The van der Waals surface area contributed by atoms with Crippen LogP contribution < -0.4 is 5.73 Å². The highest BCUT2D eigenvalue weighted by Gasteiger charge is 2.18. The molecule has 1 aromatic heterocycles. The van der Waals surface area contributed by atoms with Gasteiger partial charge in [0.05, 0.1) is 0 Å². The predicted molar refractivity (Wildman–Crippen MR) is 73.1 cm³/mol. The molecule has 2 rings (SSSR count). The lowest BCUT2D eigenvalue weighted by molar-refractivity contribution is 0.565. The van der Waals surface area contributed by atoms with Crippen LogP contribution >= 0.6 is 0 Å². The van der Waals surface area contributed by atoms with Gasteiger partial charge in [-0.1, -0.05) is 32.6 Å². The molecule has 0 spiro atoms. The van der Waals surface area contributed by atoms with Gasteiger partial charge in [-0.2, -0.15) is 0 Å². The third kappa shape index (κ3) is 3.35. The molecule has 0 fully saturated rings. The SMILES string of the molecule is CCCCCCCn1cc2c(c1)C(N)CCC2. The fourth-order valence-corrected chi connectivity index (χ4v) is 2.81. The number of nitrogens with two attached hydrogens (primary N) is 1. The molecule has 96 valence electrons. The molecule has 17 heavy (non-hydrogen) atoms. The van der Waals surface area contributed by atoms with Gasteiger partial charge in [0, 0.05) is 25.0 Å². The summed E-state index contributed by atoms with van der Waals surface area (Å²) in [4.78, 5) is 0. The van der Waals surface area contributed by atoms with Crippen LogP contribution in [0.4, 0.5) is 0 Å². The average molecular weight is 234 g/mol. The zero-order chi connectivity index (χ0) is 12.1. The minimum atomic E-state index is 0.292. The maximum absolute atomic E-state index is 6.14. The molecule has 0 bridgehead atoms. The molecule has 0 aliphatic heterocycles. The molecule has 0 saturated carbocycles. The molecule has 1 aliphatic rings. The Hall–Kier alpha value is -0.760. The van der Waals surface area contributed by atoms with Crippen LogP contribution in [0.5, 0.6) is 0 Å². The lowest BCUT2D eigenvalue weighted by Gasteiger charge is -2.17. The number of aromatic nitrogens is 1. The van der Waals surface area contributed by atoms with Crippen molar-refractivity contribution in [3.05, 3.63) is 23.5 Å². The first-order valence-electron chi connectivity index (χ1n) is 7.25. The Morgan fingerprint density at radius 2 is 2.06 bits per heavy atom. The fourth-order valence-electron chi connectivity index (χ4n) is 2.81. The second-order valence-electron chi connectivity index (χ2n) is 5.39. The Labute approximate surface area is 105 Å². The Kier molecular flexibility index (Phi) is 4.66. The number of nitrogens with zero attached hydrogens (tertiary/aromatic N) is 1. The predicted octanol–water partition coefficient (Wildman–Crippen LogP) is 3.79. The first-order valence-corrected chi connectivity index (χ1v) is 7.25. The summed E-state index contributed by atoms with van der Waals surface area (Å²) in [6.45, 7) is 3.44. The van der Waals surface area contributed by atoms with Gasteiger partial charge in [0.25, 0.3) is 0 Å². The molecule has 2 heteroatoms. The maximum atomic E-state index is 6.14. The van der Waals surface area contributed by atoms with Gasteiger partial charge in [-0.05, 0) is 36.8 Å². The molecule has 1 unspecified atom stereocenters. The van der Waals surface area contributed by atoms with Gasteiger partial charge in [0.2, 0.25) is 0 Å². The fraction of sp³-hybridized carbons (Fsp3) is 0.733. The maximum Gasteiger partial charge on any atom is 0.0312 e. The van der Waals surface area contributed by atoms with Crippen LogP contribution in [0.2, 0.25) is 0 Å². The van der Waals surface area contributed by atoms with Crippen molar-refractivity contribution in [1.82, 2.24) is 4.57 Å². The number of rotatable bonds is 6. The van der Waals surface area contributed by atoms with E-state index in [4.69, 9.17) is 5.73 Å². The molecule has 1 atom stereocenters. The van der Waals surface area contributed by atoms with Gasteiger partial charge in [0.15, 0.2) is 0 Å². The van der Waals surface area contributed by atoms with E-state index < -0.39 is 0 Å². The summed E-state index contributed by atoms with van der Waals surface area (Å²) in [5.74, 6) is 0. The largest absolute Gasteiger partial charge is 0.354 e. The summed E-state index contributed by atoms with van der Waals surface area (Å²) in [5.41, 5.74) is 9.05. The quantitative estimate of drug-likeness (QED) is 0.746. The molecule has 2 N–H and O–H groups in total. The van der Waals surface area contributed by atoms with E-state index in [1.54, 1.807) is 0 Å². The van der Waals surface area contributed by atoms with Gasteiger partial charge in [-0.3, -0.25) is 0 Å². The van der Waals surface area contributed by atoms with Crippen molar-refractivity contribution in [3.63, 3.8) is 0 Å². The molecule has 1 aliphatic carbocycles. The normalized spacial score (nSPS) is 19.3. The smallest absolute Gasteiger partial charge is 0.0312 e. The zero-order valence-corrected chi connectivity index (χ0v) is 11.1. The molecule has 1 heterocycles. The highest BCUT2D eigenvalue weighted by Crippen LogP contribution is 2.28. The van der Waals surface area contributed by atoms with E-state index in [0.29, 0.717) is 6.04 Å². The average Bonchev–Trinajstić information content (AvgIpc) is 2.73. The summed E-state index contributed by atoms with van der Waals surface area (Å²) >= 11 is 0. The van der Waals surface area contributed by atoms with E-state index in [-0.39, 0.29) is 0 Å². The van der Waals surface area contributed by atoms with E-state index >= 15 is 0 Å². The van der Waals surface area contributed by atoms with Crippen molar-refractivity contribution in [2.24, 2.45) is 5.73 Å². The van der Waals surface area contributed by atoms with E-state index in [9.17, 15) is 0 Å². The van der Waals surface area contributed by atoms with Crippen LogP contribution in [-0.2, 0) is 13.0 Å². The summed E-state index contributed by atoms with van der Waals surface area (Å²) in [6.07, 6.45) is 15.0. The van der Waals surface area contributed by atoms with Crippen LogP contribution in [0.1, 0.15) is 69.0 Å². The van der Waals surface area contributed by atoms with Crippen molar-refractivity contribution >= 4 is 0 Å². The van der Waals surface area contributed by atoms with Crippen molar-refractivity contribution in [3.8, 4) is 0 Å². The van der Waals surface area contributed by atoms with Crippen LogP contribution in [0.3, 0.4) is 0 Å². The third-order valence-electron chi connectivity index (χ3n) is 3.88. The number of aryl methyl sites for hydroxylation is 2. The lowest BCUT2D eigenvalue weighted by Crippen LogP contribution is -2.15. The molecule has 1 aromatic rings. The molecule has 0 aromatic carbocycles. The van der Waals surface area contributed by atoms with Gasteiger partial charge < -0.3 is 10.3 Å². The monoisotopic (exact) mass is 234 g/mol. The molecule has 0 amide bonds. The minimum absolute atomic E-state index is 0.292.